The Bertz CT molecular complexity index is 1090. The summed E-state index contributed by atoms with van der Waals surface area (Å²) in [6.07, 6.45) is 4.88. The van der Waals surface area contributed by atoms with Crippen LogP contribution in [0, 0.1) is 33.8 Å². The van der Waals surface area contributed by atoms with Crippen LogP contribution in [0.15, 0.2) is 54.6 Å². The summed E-state index contributed by atoms with van der Waals surface area (Å²) in [5.41, 5.74) is 1.25. The number of nitrogens with one attached hydrogen (secondary N) is 1. The van der Waals surface area contributed by atoms with Gasteiger partial charge in [0.15, 0.2) is 0 Å². The minimum absolute atomic E-state index is 0.0927. The molecule has 5 rings (SSSR count). The van der Waals surface area contributed by atoms with Gasteiger partial charge in [-0.1, -0.05) is 35.9 Å². The van der Waals surface area contributed by atoms with Crippen molar-refractivity contribution in [2.24, 2.45) is 23.7 Å². The van der Waals surface area contributed by atoms with E-state index in [1.54, 1.807) is 30.3 Å². The molecule has 2 aromatic rings. The predicted octanol–water partition coefficient (Wildman–Crippen LogP) is 4.17. The van der Waals surface area contributed by atoms with Crippen molar-refractivity contribution in [3.63, 3.8) is 0 Å². The van der Waals surface area contributed by atoms with Crippen molar-refractivity contribution in [1.82, 2.24) is 0 Å². The molecule has 0 aromatic heterocycles. The number of amides is 2. The average Bonchev–Trinajstić information content (AvgIpc) is 3.40. The number of benzene rings is 2. The molecule has 2 bridgehead atoms. The summed E-state index contributed by atoms with van der Waals surface area (Å²) in [6.45, 7) is 0.349. The SMILES string of the molecule is O=C1[C@@H]2[C@@H](C(=O)N1c1ccc(NCc3cccc(Cl)c3)c([N+](=O)[O-])c1)[C@H]1C=C[C@H]2C1. The number of imide groups is 1. The third kappa shape index (κ3) is 2.89. The third-order valence-electron chi connectivity index (χ3n) is 6.28. The van der Waals surface area contributed by atoms with E-state index in [9.17, 15) is 19.7 Å². The molecule has 1 aliphatic heterocycles. The molecule has 4 atom stereocenters. The van der Waals surface area contributed by atoms with Gasteiger partial charge in [-0.3, -0.25) is 19.7 Å². The van der Waals surface area contributed by atoms with Gasteiger partial charge in [0.2, 0.25) is 11.8 Å². The van der Waals surface area contributed by atoms with E-state index in [1.165, 1.54) is 6.07 Å². The van der Waals surface area contributed by atoms with Gasteiger partial charge in [-0.15, -0.1) is 0 Å². The summed E-state index contributed by atoms with van der Waals surface area (Å²) in [6, 6.07) is 11.6. The zero-order chi connectivity index (χ0) is 21.0. The maximum absolute atomic E-state index is 13.0. The Kier molecular flexibility index (Phi) is 4.36. The molecule has 30 heavy (non-hydrogen) atoms. The number of carbonyl (C=O) groups excluding carboxylic acids is 2. The molecular formula is C22H18ClN3O4. The fourth-order valence-electron chi connectivity index (χ4n) is 4.96. The van der Waals surface area contributed by atoms with Crippen LogP contribution in [0.4, 0.5) is 17.1 Å². The highest BCUT2D eigenvalue weighted by Crippen LogP contribution is 2.53. The standard InChI is InChI=1S/C22H18ClN3O4/c23-15-3-1-2-12(8-15)11-24-17-7-6-16(10-18(17)26(29)30)25-21(27)19-13-4-5-14(9-13)20(19)22(25)28/h1-8,10,13-14,19-20,24H,9,11H2/t13-,14-,19-,20-/m0/s1. The first kappa shape index (κ1) is 18.8. The molecule has 0 spiro atoms. The topological polar surface area (TPSA) is 92.6 Å². The highest BCUT2D eigenvalue weighted by Gasteiger charge is 2.59. The average molecular weight is 424 g/mol. The molecule has 2 fully saturated rings. The second-order valence-corrected chi connectivity index (χ2v) is 8.39. The number of rotatable bonds is 5. The largest absolute Gasteiger partial charge is 0.375 e. The van der Waals surface area contributed by atoms with E-state index < -0.39 is 4.92 Å². The lowest BCUT2D eigenvalue weighted by Crippen LogP contribution is -2.32. The van der Waals surface area contributed by atoms with E-state index in [0.29, 0.717) is 17.3 Å². The fraction of sp³-hybridized carbons (Fsp3) is 0.273. The van der Waals surface area contributed by atoms with Crippen LogP contribution >= 0.6 is 11.6 Å². The van der Waals surface area contributed by atoms with Crippen molar-refractivity contribution in [2.45, 2.75) is 13.0 Å². The van der Waals surface area contributed by atoms with E-state index in [1.807, 2.05) is 18.2 Å². The normalized spacial score (nSPS) is 26.4. The number of fused-ring (bicyclic) bond motifs is 5. The van der Waals surface area contributed by atoms with Crippen LogP contribution in [0.2, 0.25) is 5.02 Å². The Hall–Kier alpha value is -3.19. The molecule has 1 saturated carbocycles. The van der Waals surface area contributed by atoms with Crippen LogP contribution in [0.5, 0.6) is 0 Å². The van der Waals surface area contributed by atoms with Crippen LogP contribution < -0.4 is 10.2 Å². The van der Waals surface area contributed by atoms with Gasteiger partial charge < -0.3 is 5.32 Å². The van der Waals surface area contributed by atoms with Crippen molar-refractivity contribution in [3.8, 4) is 0 Å². The number of allylic oxidation sites excluding steroid dienone is 2. The molecule has 1 saturated heterocycles. The van der Waals surface area contributed by atoms with Gasteiger partial charge in [0.25, 0.3) is 5.69 Å². The summed E-state index contributed by atoms with van der Waals surface area (Å²) < 4.78 is 0. The van der Waals surface area contributed by atoms with Gasteiger partial charge >= 0.3 is 0 Å². The van der Waals surface area contributed by atoms with Crippen LogP contribution in [-0.4, -0.2) is 16.7 Å². The smallest absolute Gasteiger partial charge is 0.294 e. The molecule has 0 unspecified atom stereocenters. The number of halogens is 1. The molecule has 7 nitrogen and oxygen atoms in total. The molecular weight excluding hydrogens is 406 g/mol. The Morgan fingerprint density at radius 3 is 2.40 bits per heavy atom. The second-order valence-electron chi connectivity index (χ2n) is 7.95. The first-order valence-corrected chi connectivity index (χ1v) is 10.1. The van der Waals surface area contributed by atoms with Gasteiger partial charge in [0.05, 0.1) is 22.4 Å². The molecule has 152 valence electrons. The van der Waals surface area contributed by atoms with Crippen LogP contribution in [0.25, 0.3) is 0 Å². The van der Waals surface area contributed by atoms with Crippen molar-refractivity contribution in [2.75, 3.05) is 10.2 Å². The van der Waals surface area contributed by atoms with E-state index in [0.717, 1.165) is 16.9 Å². The highest BCUT2D eigenvalue weighted by atomic mass is 35.5. The Morgan fingerprint density at radius 1 is 1.07 bits per heavy atom. The lowest BCUT2D eigenvalue weighted by atomic mass is 9.85. The van der Waals surface area contributed by atoms with Crippen molar-refractivity contribution in [1.29, 1.82) is 0 Å². The molecule has 2 amide bonds. The van der Waals surface area contributed by atoms with Crippen LogP contribution in [-0.2, 0) is 16.1 Å². The maximum Gasteiger partial charge on any atom is 0.294 e. The van der Waals surface area contributed by atoms with E-state index >= 15 is 0 Å². The molecule has 1 heterocycles. The number of carbonyl (C=O) groups is 2. The van der Waals surface area contributed by atoms with E-state index in [-0.39, 0.29) is 46.9 Å². The van der Waals surface area contributed by atoms with Crippen LogP contribution in [0.1, 0.15) is 12.0 Å². The summed E-state index contributed by atoms with van der Waals surface area (Å²) in [5.74, 6) is -1.00. The zero-order valence-electron chi connectivity index (χ0n) is 15.8. The molecule has 0 radical (unpaired) electrons. The van der Waals surface area contributed by atoms with E-state index in [2.05, 4.69) is 5.32 Å². The fourth-order valence-corrected chi connectivity index (χ4v) is 5.17. The maximum atomic E-state index is 13.0. The van der Waals surface area contributed by atoms with Gasteiger partial charge in [0.1, 0.15) is 5.69 Å². The number of hydrogen-bond acceptors (Lipinski definition) is 5. The van der Waals surface area contributed by atoms with E-state index in [4.69, 9.17) is 11.6 Å². The van der Waals surface area contributed by atoms with Crippen molar-refractivity contribution < 1.29 is 14.5 Å². The summed E-state index contributed by atoms with van der Waals surface area (Å²) in [4.78, 5) is 38.2. The van der Waals surface area contributed by atoms with Gasteiger partial charge in [-0.05, 0) is 48.1 Å². The molecule has 2 aromatic carbocycles. The summed E-state index contributed by atoms with van der Waals surface area (Å²) in [5, 5.41) is 15.3. The first-order valence-electron chi connectivity index (χ1n) is 9.77. The molecule has 2 aliphatic carbocycles. The minimum Gasteiger partial charge on any atom is -0.375 e. The van der Waals surface area contributed by atoms with Gasteiger partial charge in [0, 0.05) is 17.6 Å². The molecule has 1 N–H and O–H groups in total. The number of nitro benzene ring substituents is 1. The zero-order valence-corrected chi connectivity index (χ0v) is 16.6. The number of nitrogens with zero attached hydrogens (tertiary/aromatic N) is 2. The number of anilines is 2. The Labute approximate surface area is 177 Å². The lowest BCUT2D eigenvalue weighted by Gasteiger charge is -2.18. The molecule has 8 heteroatoms. The monoisotopic (exact) mass is 423 g/mol. The highest BCUT2D eigenvalue weighted by molar-refractivity contribution is 6.30. The minimum atomic E-state index is -0.513. The number of hydrogen-bond donors (Lipinski definition) is 1. The summed E-state index contributed by atoms with van der Waals surface area (Å²) in [7, 11) is 0. The first-order chi connectivity index (χ1) is 14.4. The van der Waals surface area contributed by atoms with Crippen molar-refractivity contribution >= 4 is 40.5 Å². The third-order valence-corrected chi connectivity index (χ3v) is 6.51. The Balaban J connectivity index is 1.42. The second kappa shape index (κ2) is 6.95. The quantitative estimate of drug-likeness (QED) is 0.337. The lowest BCUT2D eigenvalue weighted by molar-refractivity contribution is -0.383. The van der Waals surface area contributed by atoms with Crippen LogP contribution in [0.3, 0.4) is 0 Å². The molecule has 3 aliphatic rings. The van der Waals surface area contributed by atoms with Crippen molar-refractivity contribution in [3.05, 3.63) is 75.3 Å². The predicted molar refractivity (Wildman–Crippen MR) is 112 cm³/mol. The summed E-state index contributed by atoms with van der Waals surface area (Å²) >= 11 is 5.98. The number of nitro groups is 1. The van der Waals surface area contributed by atoms with Gasteiger partial charge in [-0.25, -0.2) is 4.90 Å². The van der Waals surface area contributed by atoms with Gasteiger partial charge in [-0.2, -0.15) is 0 Å². The Morgan fingerprint density at radius 2 is 1.77 bits per heavy atom.